The maximum absolute atomic E-state index is 13.2. The standard InChI is InChI=1S/C15H20FNO/c1-2-10-5-6-15(8-10)9-13(17)12-7-11(16)3-4-14(12)18-15/h3-4,7,10,13H,2,5-6,8-9,17H2,1H3/t10?,13-,15?/m1/s1. The molecular weight excluding hydrogens is 229 g/mol. The van der Waals surface area contributed by atoms with Gasteiger partial charge in [0.2, 0.25) is 0 Å². The molecule has 2 aliphatic rings. The van der Waals surface area contributed by atoms with E-state index < -0.39 is 0 Å². The Labute approximate surface area is 107 Å². The molecule has 3 heteroatoms. The molecule has 1 aliphatic heterocycles. The van der Waals surface area contributed by atoms with Crippen LogP contribution in [0.2, 0.25) is 0 Å². The van der Waals surface area contributed by atoms with Crippen LogP contribution in [-0.4, -0.2) is 5.60 Å². The predicted octanol–water partition coefficient (Wildman–Crippen LogP) is 3.56. The number of nitrogens with two attached hydrogens (primary N) is 1. The molecule has 98 valence electrons. The van der Waals surface area contributed by atoms with Crippen molar-refractivity contribution in [2.24, 2.45) is 11.7 Å². The summed E-state index contributed by atoms with van der Waals surface area (Å²) in [7, 11) is 0. The van der Waals surface area contributed by atoms with E-state index in [4.69, 9.17) is 10.5 Å². The summed E-state index contributed by atoms with van der Waals surface area (Å²) >= 11 is 0. The highest BCUT2D eigenvalue weighted by Crippen LogP contribution is 2.48. The summed E-state index contributed by atoms with van der Waals surface area (Å²) in [6.07, 6.45) is 5.42. The van der Waals surface area contributed by atoms with Crippen molar-refractivity contribution in [3.05, 3.63) is 29.6 Å². The van der Waals surface area contributed by atoms with Crippen molar-refractivity contribution in [1.29, 1.82) is 0 Å². The maximum atomic E-state index is 13.2. The molecule has 1 aromatic carbocycles. The number of hydrogen-bond donors (Lipinski definition) is 1. The lowest BCUT2D eigenvalue weighted by atomic mass is 9.85. The zero-order valence-corrected chi connectivity index (χ0v) is 10.8. The van der Waals surface area contributed by atoms with Gasteiger partial charge in [-0.2, -0.15) is 0 Å². The molecule has 0 bridgehead atoms. The molecule has 1 aliphatic carbocycles. The largest absolute Gasteiger partial charge is 0.487 e. The summed E-state index contributed by atoms with van der Waals surface area (Å²) in [5, 5.41) is 0. The minimum Gasteiger partial charge on any atom is -0.487 e. The average molecular weight is 249 g/mol. The molecule has 0 saturated heterocycles. The van der Waals surface area contributed by atoms with Crippen LogP contribution >= 0.6 is 0 Å². The Balaban J connectivity index is 1.90. The van der Waals surface area contributed by atoms with Crippen LogP contribution < -0.4 is 10.5 Å². The van der Waals surface area contributed by atoms with Gasteiger partial charge >= 0.3 is 0 Å². The lowest BCUT2D eigenvalue weighted by Crippen LogP contribution is -2.41. The second kappa shape index (κ2) is 4.23. The zero-order valence-electron chi connectivity index (χ0n) is 10.8. The number of ether oxygens (including phenoxy) is 1. The molecule has 0 aromatic heterocycles. The van der Waals surface area contributed by atoms with Crippen LogP contribution in [-0.2, 0) is 0 Å². The SMILES string of the molecule is CCC1CCC2(C1)C[C@@H](N)c1cc(F)ccc1O2. The molecular formula is C15H20FNO. The number of halogens is 1. The molecule has 0 radical (unpaired) electrons. The fourth-order valence-corrected chi connectivity index (χ4v) is 3.51. The fraction of sp³-hybridized carbons (Fsp3) is 0.600. The van der Waals surface area contributed by atoms with E-state index in [-0.39, 0.29) is 17.5 Å². The molecule has 0 amide bonds. The van der Waals surface area contributed by atoms with Crippen molar-refractivity contribution >= 4 is 0 Å². The first-order valence-electron chi connectivity index (χ1n) is 6.86. The third-order valence-electron chi connectivity index (χ3n) is 4.54. The number of rotatable bonds is 1. The van der Waals surface area contributed by atoms with Gasteiger partial charge in [0.05, 0.1) is 0 Å². The normalized spacial score (nSPS) is 34.4. The van der Waals surface area contributed by atoms with Gasteiger partial charge in [0.25, 0.3) is 0 Å². The van der Waals surface area contributed by atoms with E-state index in [1.807, 2.05) is 0 Å². The Morgan fingerprint density at radius 3 is 3.00 bits per heavy atom. The van der Waals surface area contributed by atoms with Crippen LogP contribution in [0.4, 0.5) is 4.39 Å². The van der Waals surface area contributed by atoms with Crippen molar-refractivity contribution in [2.45, 2.75) is 50.7 Å². The van der Waals surface area contributed by atoms with E-state index in [9.17, 15) is 4.39 Å². The lowest BCUT2D eigenvalue weighted by Gasteiger charge is -2.39. The second-order valence-electron chi connectivity index (χ2n) is 5.79. The van der Waals surface area contributed by atoms with E-state index in [0.29, 0.717) is 0 Å². The molecule has 3 atom stereocenters. The Morgan fingerprint density at radius 1 is 1.44 bits per heavy atom. The summed E-state index contributed by atoms with van der Waals surface area (Å²) in [5.74, 6) is 1.30. The van der Waals surface area contributed by atoms with Crippen molar-refractivity contribution in [3.8, 4) is 5.75 Å². The summed E-state index contributed by atoms with van der Waals surface area (Å²) < 4.78 is 19.4. The van der Waals surface area contributed by atoms with E-state index >= 15 is 0 Å². The minimum atomic E-state index is -0.235. The summed E-state index contributed by atoms with van der Waals surface area (Å²) in [5.41, 5.74) is 6.94. The zero-order chi connectivity index (χ0) is 12.8. The van der Waals surface area contributed by atoms with Gasteiger partial charge < -0.3 is 10.5 Å². The highest BCUT2D eigenvalue weighted by molar-refractivity contribution is 5.39. The molecule has 3 rings (SSSR count). The van der Waals surface area contributed by atoms with Gasteiger partial charge in [-0.3, -0.25) is 0 Å². The molecule has 1 aromatic rings. The summed E-state index contributed by atoms with van der Waals surface area (Å²) in [6.45, 7) is 2.23. The van der Waals surface area contributed by atoms with Gasteiger partial charge in [0.15, 0.2) is 0 Å². The van der Waals surface area contributed by atoms with Crippen molar-refractivity contribution < 1.29 is 9.13 Å². The molecule has 2 N–H and O–H groups in total. The maximum Gasteiger partial charge on any atom is 0.125 e. The van der Waals surface area contributed by atoms with Gasteiger partial charge in [0, 0.05) is 18.0 Å². The van der Waals surface area contributed by atoms with Gasteiger partial charge in [-0.15, -0.1) is 0 Å². The van der Waals surface area contributed by atoms with Crippen LogP contribution in [0.1, 0.15) is 50.6 Å². The van der Waals surface area contributed by atoms with Crippen molar-refractivity contribution in [1.82, 2.24) is 0 Å². The third-order valence-corrected chi connectivity index (χ3v) is 4.54. The number of benzene rings is 1. The van der Waals surface area contributed by atoms with E-state index in [1.165, 1.54) is 25.0 Å². The fourth-order valence-electron chi connectivity index (χ4n) is 3.51. The van der Waals surface area contributed by atoms with Crippen LogP contribution in [0, 0.1) is 11.7 Å². The molecule has 18 heavy (non-hydrogen) atoms. The predicted molar refractivity (Wildman–Crippen MR) is 68.9 cm³/mol. The smallest absolute Gasteiger partial charge is 0.125 e. The second-order valence-corrected chi connectivity index (χ2v) is 5.79. The van der Waals surface area contributed by atoms with Gasteiger partial charge in [-0.25, -0.2) is 4.39 Å². The van der Waals surface area contributed by atoms with E-state index in [2.05, 4.69) is 6.92 Å². The van der Waals surface area contributed by atoms with Crippen LogP contribution in [0.3, 0.4) is 0 Å². The Kier molecular flexibility index (Phi) is 2.81. The Morgan fingerprint density at radius 2 is 2.28 bits per heavy atom. The molecule has 1 saturated carbocycles. The first kappa shape index (κ1) is 12.0. The van der Waals surface area contributed by atoms with Gasteiger partial charge in [-0.05, 0) is 43.4 Å². The molecule has 1 heterocycles. The quantitative estimate of drug-likeness (QED) is 0.826. The van der Waals surface area contributed by atoms with Crippen LogP contribution in [0.5, 0.6) is 5.75 Å². The molecule has 1 fully saturated rings. The van der Waals surface area contributed by atoms with Crippen molar-refractivity contribution in [2.75, 3.05) is 0 Å². The highest BCUT2D eigenvalue weighted by atomic mass is 19.1. The first-order valence-corrected chi connectivity index (χ1v) is 6.86. The Hall–Kier alpha value is -1.09. The van der Waals surface area contributed by atoms with Crippen molar-refractivity contribution in [3.63, 3.8) is 0 Å². The van der Waals surface area contributed by atoms with E-state index in [0.717, 1.165) is 36.5 Å². The van der Waals surface area contributed by atoms with Crippen LogP contribution in [0.15, 0.2) is 18.2 Å². The average Bonchev–Trinajstić information content (AvgIpc) is 2.73. The van der Waals surface area contributed by atoms with Crippen LogP contribution in [0.25, 0.3) is 0 Å². The molecule has 2 unspecified atom stereocenters. The highest BCUT2D eigenvalue weighted by Gasteiger charge is 2.45. The summed E-state index contributed by atoms with van der Waals surface area (Å²) in [6, 6.07) is 4.60. The first-order chi connectivity index (χ1) is 8.62. The summed E-state index contributed by atoms with van der Waals surface area (Å²) in [4.78, 5) is 0. The lowest BCUT2D eigenvalue weighted by molar-refractivity contribution is 0.0383. The topological polar surface area (TPSA) is 35.2 Å². The van der Waals surface area contributed by atoms with Gasteiger partial charge in [0.1, 0.15) is 17.2 Å². The minimum absolute atomic E-state index is 0.0923. The third kappa shape index (κ3) is 1.91. The monoisotopic (exact) mass is 249 g/mol. The molecule has 2 nitrogen and oxygen atoms in total. The number of fused-ring (bicyclic) bond motifs is 1. The molecule has 1 spiro atoms. The van der Waals surface area contributed by atoms with E-state index in [1.54, 1.807) is 6.07 Å². The van der Waals surface area contributed by atoms with Gasteiger partial charge in [-0.1, -0.05) is 13.3 Å². The Bertz CT molecular complexity index is 462. The number of hydrogen-bond acceptors (Lipinski definition) is 2.